The molecule has 0 atom stereocenters. The lowest BCUT2D eigenvalue weighted by Crippen LogP contribution is -2.39. The van der Waals surface area contributed by atoms with Crippen molar-refractivity contribution in [1.29, 1.82) is 0 Å². The molecule has 0 aliphatic carbocycles. The third-order valence-corrected chi connectivity index (χ3v) is 4.88. The van der Waals surface area contributed by atoms with Crippen LogP contribution in [0.3, 0.4) is 0 Å². The van der Waals surface area contributed by atoms with E-state index in [-0.39, 0.29) is 11.1 Å². The summed E-state index contributed by atoms with van der Waals surface area (Å²) in [7, 11) is 0. The molecule has 1 nitrogen and oxygen atoms in total. The number of hydrogen-bond donors (Lipinski definition) is 1. The van der Waals surface area contributed by atoms with Crippen LogP contribution in [0.15, 0.2) is 21.1 Å². The molecule has 1 aromatic carbocycles. The summed E-state index contributed by atoms with van der Waals surface area (Å²) in [6.07, 6.45) is 0. The molecule has 1 heterocycles. The number of benzene rings is 1. The van der Waals surface area contributed by atoms with Gasteiger partial charge in [-0.2, -0.15) is 0 Å². The topological polar surface area (TPSA) is 12.0 Å². The minimum absolute atomic E-state index is 0.0437. The van der Waals surface area contributed by atoms with Gasteiger partial charge in [0.15, 0.2) is 0 Å². The Morgan fingerprint density at radius 2 is 1.20 bits per heavy atom. The zero-order chi connectivity index (χ0) is 11.4. The fraction of sp³-hybridized carbons (Fsp3) is 0.500. The predicted octanol–water partition coefficient (Wildman–Crippen LogP) is 4.29. The Kier molecular flexibility index (Phi) is 2.57. The van der Waals surface area contributed by atoms with Gasteiger partial charge in [-0.3, -0.25) is 5.32 Å². The predicted molar refractivity (Wildman–Crippen MR) is 71.0 cm³/mol. The van der Waals surface area contributed by atoms with Crippen LogP contribution in [-0.4, -0.2) is 0 Å². The van der Waals surface area contributed by atoms with E-state index >= 15 is 0 Å². The Bertz CT molecular complexity index is 383. The second-order valence-electron chi connectivity index (χ2n) is 5.19. The molecule has 2 rings (SSSR count). The summed E-state index contributed by atoms with van der Waals surface area (Å²) < 4.78 is 2.24. The number of hydrogen-bond acceptors (Lipinski definition) is 1. The molecule has 0 saturated heterocycles. The van der Waals surface area contributed by atoms with Crippen molar-refractivity contribution in [3.8, 4) is 0 Å². The smallest absolute Gasteiger partial charge is 0.0388 e. The van der Waals surface area contributed by atoms with Crippen molar-refractivity contribution in [2.45, 2.75) is 38.8 Å². The van der Waals surface area contributed by atoms with Crippen LogP contribution in [0.1, 0.15) is 38.8 Å². The van der Waals surface area contributed by atoms with Crippen molar-refractivity contribution in [3.05, 3.63) is 32.2 Å². The molecule has 1 aliphatic rings. The van der Waals surface area contributed by atoms with E-state index < -0.39 is 0 Å². The molecular weight excluding hydrogens is 318 g/mol. The number of rotatable bonds is 0. The lowest BCUT2D eigenvalue weighted by Gasteiger charge is -2.25. The van der Waals surface area contributed by atoms with Crippen LogP contribution in [0.25, 0.3) is 0 Å². The molecule has 82 valence electrons. The summed E-state index contributed by atoms with van der Waals surface area (Å²) >= 11 is 7.13. The Hall–Kier alpha value is 0.140. The molecule has 1 N–H and O–H groups in total. The van der Waals surface area contributed by atoms with Gasteiger partial charge in [-0.25, -0.2) is 0 Å². The largest absolute Gasteiger partial charge is 0.299 e. The van der Waals surface area contributed by atoms with Crippen molar-refractivity contribution in [2.24, 2.45) is 0 Å². The molecule has 0 fully saturated rings. The molecule has 1 aromatic rings. The van der Waals surface area contributed by atoms with Gasteiger partial charge in [0.05, 0.1) is 0 Å². The highest BCUT2D eigenvalue weighted by Gasteiger charge is 2.41. The van der Waals surface area contributed by atoms with Gasteiger partial charge >= 0.3 is 0 Å². The van der Waals surface area contributed by atoms with E-state index in [1.807, 2.05) is 0 Å². The quantitative estimate of drug-likeness (QED) is 0.747. The van der Waals surface area contributed by atoms with Gasteiger partial charge in [0, 0.05) is 20.0 Å². The summed E-state index contributed by atoms with van der Waals surface area (Å²) in [4.78, 5) is 0. The van der Waals surface area contributed by atoms with Crippen molar-refractivity contribution in [1.82, 2.24) is 5.32 Å². The van der Waals surface area contributed by atoms with Crippen molar-refractivity contribution < 1.29 is 0 Å². The van der Waals surface area contributed by atoms with E-state index in [4.69, 9.17) is 0 Å². The first-order valence-electron chi connectivity index (χ1n) is 5.03. The van der Waals surface area contributed by atoms with Gasteiger partial charge in [0.2, 0.25) is 0 Å². The molecule has 0 saturated carbocycles. The highest BCUT2D eigenvalue weighted by molar-refractivity contribution is 9.13. The van der Waals surface area contributed by atoms with Crippen LogP contribution in [0, 0.1) is 0 Å². The molecule has 15 heavy (non-hydrogen) atoms. The van der Waals surface area contributed by atoms with Gasteiger partial charge in [0.1, 0.15) is 0 Å². The maximum Gasteiger partial charge on any atom is 0.0388 e. The van der Waals surface area contributed by atoms with Crippen LogP contribution in [0.2, 0.25) is 0 Å². The second kappa shape index (κ2) is 3.31. The lowest BCUT2D eigenvalue weighted by molar-refractivity contribution is 0.319. The molecular formula is C12H15Br2N. The van der Waals surface area contributed by atoms with Gasteiger partial charge in [-0.15, -0.1) is 0 Å². The first-order chi connectivity index (χ1) is 6.74. The minimum atomic E-state index is 0.0437. The molecule has 0 spiro atoms. The summed E-state index contributed by atoms with van der Waals surface area (Å²) in [5.41, 5.74) is 2.84. The number of halogens is 2. The summed E-state index contributed by atoms with van der Waals surface area (Å²) in [6, 6.07) is 4.42. The Morgan fingerprint density at radius 3 is 1.53 bits per heavy atom. The SMILES string of the molecule is CC1(C)NC(C)(C)c2cc(Br)c(Br)cc21. The molecule has 0 aromatic heterocycles. The molecule has 0 amide bonds. The third kappa shape index (κ3) is 1.79. The first-order valence-corrected chi connectivity index (χ1v) is 6.62. The van der Waals surface area contributed by atoms with Gasteiger partial charge in [-0.05, 0) is 82.8 Å². The third-order valence-electron chi connectivity index (χ3n) is 3.03. The summed E-state index contributed by atoms with van der Waals surface area (Å²) in [5, 5.41) is 3.65. The standard InChI is InChI=1S/C12H15Br2N/c1-11(2)7-5-9(13)10(14)6-8(7)12(3,4)15-11/h5-6,15H,1-4H3. The van der Waals surface area contributed by atoms with Crippen LogP contribution in [0.5, 0.6) is 0 Å². The van der Waals surface area contributed by atoms with Gasteiger partial charge in [0.25, 0.3) is 0 Å². The van der Waals surface area contributed by atoms with Crippen molar-refractivity contribution in [2.75, 3.05) is 0 Å². The van der Waals surface area contributed by atoms with Gasteiger partial charge in [-0.1, -0.05) is 0 Å². The van der Waals surface area contributed by atoms with E-state index in [2.05, 4.69) is 77.0 Å². The summed E-state index contributed by atoms with van der Waals surface area (Å²) in [5.74, 6) is 0. The van der Waals surface area contributed by atoms with E-state index in [0.717, 1.165) is 8.95 Å². The van der Waals surface area contributed by atoms with Crippen molar-refractivity contribution in [3.63, 3.8) is 0 Å². The van der Waals surface area contributed by atoms with E-state index in [1.165, 1.54) is 11.1 Å². The average Bonchev–Trinajstić information content (AvgIpc) is 2.21. The fourth-order valence-electron chi connectivity index (χ4n) is 2.50. The lowest BCUT2D eigenvalue weighted by atomic mass is 9.91. The number of fused-ring (bicyclic) bond motifs is 1. The van der Waals surface area contributed by atoms with Crippen LogP contribution in [-0.2, 0) is 11.1 Å². The van der Waals surface area contributed by atoms with E-state index in [1.54, 1.807) is 0 Å². The Labute approximate surface area is 108 Å². The molecule has 0 bridgehead atoms. The normalized spacial score (nSPS) is 21.5. The second-order valence-corrected chi connectivity index (χ2v) is 6.90. The molecule has 0 radical (unpaired) electrons. The maximum absolute atomic E-state index is 3.65. The molecule has 0 unspecified atom stereocenters. The molecule has 1 aliphatic heterocycles. The van der Waals surface area contributed by atoms with Crippen molar-refractivity contribution >= 4 is 31.9 Å². The Morgan fingerprint density at radius 1 is 0.867 bits per heavy atom. The highest BCUT2D eigenvalue weighted by Crippen LogP contribution is 2.43. The van der Waals surface area contributed by atoms with Gasteiger partial charge < -0.3 is 0 Å². The number of nitrogens with one attached hydrogen (secondary N) is 1. The van der Waals surface area contributed by atoms with Crippen LogP contribution in [0.4, 0.5) is 0 Å². The average molecular weight is 333 g/mol. The van der Waals surface area contributed by atoms with E-state index in [9.17, 15) is 0 Å². The van der Waals surface area contributed by atoms with Crippen LogP contribution < -0.4 is 5.32 Å². The van der Waals surface area contributed by atoms with E-state index in [0.29, 0.717) is 0 Å². The first kappa shape index (κ1) is 11.6. The monoisotopic (exact) mass is 331 g/mol. The zero-order valence-electron chi connectivity index (χ0n) is 9.41. The fourth-order valence-corrected chi connectivity index (χ4v) is 3.18. The molecule has 3 heteroatoms. The minimum Gasteiger partial charge on any atom is -0.299 e. The van der Waals surface area contributed by atoms with Crippen LogP contribution >= 0.6 is 31.9 Å². The Balaban J connectivity index is 2.71. The maximum atomic E-state index is 3.65. The highest BCUT2D eigenvalue weighted by atomic mass is 79.9. The summed E-state index contributed by atoms with van der Waals surface area (Å²) in [6.45, 7) is 8.89. The zero-order valence-corrected chi connectivity index (χ0v) is 12.6.